The molecule has 1 aliphatic rings. The van der Waals surface area contributed by atoms with Gasteiger partial charge in [0.2, 0.25) is 0 Å². The predicted octanol–water partition coefficient (Wildman–Crippen LogP) is 4.27. The quantitative estimate of drug-likeness (QED) is 0.707. The molecule has 1 fully saturated rings. The summed E-state index contributed by atoms with van der Waals surface area (Å²) >= 11 is 1.77. The Morgan fingerprint density at radius 1 is 1.05 bits per heavy atom. The number of aromatic nitrogens is 2. The van der Waals surface area contributed by atoms with Gasteiger partial charge in [-0.15, -0.1) is 11.3 Å². The summed E-state index contributed by atoms with van der Waals surface area (Å²) in [6.45, 7) is 4.42. The summed E-state index contributed by atoms with van der Waals surface area (Å²) in [5, 5.41) is 1.24. The van der Waals surface area contributed by atoms with Crippen molar-refractivity contribution < 1.29 is 0 Å². The molecule has 21 heavy (non-hydrogen) atoms. The van der Waals surface area contributed by atoms with Crippen molar-refractivity contribution in [2.24, 2.45) is 0 Å². The van der Waals surface area contributed by atoms with E-state index in [2.05, 4.69) is 52.1 Å². The predicted molar refractivity (Wildman–Crippen MR) is 89.0 cm³/mol. The molecule has 106 valence electrons. The van der Waals surface area contributed by atoms with Crippen LogP contribution in [-0.2, 0) is 0 Å². The van der Waals surface area contributed by atoms with Gasteiger partial charge in [0.05, 0.1) is 5.39 Å². The van der Waals surface area contributed by atoms with Gasteiger partial charge in [-0.2, -0.15) is 0 Å². The minimum atomic E-state index is 1.10. The standard InChI is InChI=1S/C17H17N3S/c1-12-14-16(20-9-5-6-10-20)18-11-19-17(14)21-15(12)13-7-3-2-4-8-13/h2-4,7-8,11H,5-6,9-10H2,1H3. The van der Waals surface area contributed by atoms with Crippen LogP contribution >= 0.6 is 11.3 Å². The summed E-state index contributed by atoms with van der Waals surface area (Å²) in [5.74, 6) is 1.12. The highest BCUT2D eigenvalue weighted by atomic mass is 32.1. The maximum Gasteiger partial charge on any atom is 0.141 e. The van der Waals surface area contributed by atoms with Gasteiger partial charge < -0.3 is 4.90 Å². The van der Waals surface area contributed by atoms with E-state index in [1.165, 1.54) is 34.2 Å². The van der Waals surface area contributed by atoms with Gasteiger partial charge in [0.15, 0.2) is 0 Å². The Morgan fingerprint density at radius 3 is 2.57 bits per heavy atom. The first kappa shape index (κ1) is 12.8. The van der Waals surface area contributed by atoms with Crippen molar-refractivity contribution in [3.8, 4) is 10.4 Å². The lowest BCUT2D eigenvalue weighted by molar-refractivity contribution is 0.939. The molecular formula is C17H17N3S. The smallest absolute Gasteiger partial charge is 0.141 e. The Hall–Kier alpha value is -1.94. The van der Waals surface area contributed by atoms with Gasteiger partial charge in [0.25, 0.3) is 0 Å². The highest BCUT2D eigenvalue weighted by Crippen LogP contribution is 2.40. The number of hydrogen-bond acceptors (Lipinski definition) is 4. The van der Waals surface area contributed by atoms with Crippen molar-refractivity contribution in [1.29, 1.82) is 0 Å². The Morgan fingerprint density at radius 2 is 1.81 bits per heavy atom. The fourth-order valence-corrected chi connectivity index (χ4v) is 4.24. The van der Waals surface area contributed by atoms with Crippen molar-refractivity contribution in [3.05, 3.63) is 42.2 Å². The molecule has 4 rings (SSSR count). The van der Waals surface area contributed by atoms with Crippen molar-refractivity contribution in [3.63, 3.8) is 0 Å². The molecule has 0 bridgehead atoms. The number of fused-ring (bicyclic) bond motifs is 1. The second-order valence-corrected chi connectivity index (χ2v) is 6.49. The molecule has 1 saturated heterocycles. The molecule has 0 spiro atoms. The summed E-state index contributed by atoms with van der Waals surface area (Å²) in [6.07, 6.45) is 4.24. The van der Waals surface area contributed by atoms with E-state index in [-0.39, 0.29) is 0 Å². The maximum atomic E-state index is 4.58. The fourth-order valence-electron chi connectivity index (χ4n) is 3.09. The van der Waals surface area contributed by atoms with Gasteiger partial charge in [-0.05, 0) is 30.9 Å². The maximum absolute atomic E-state index is 4.58. The van der Waals surface area contributed by atoms with Gasteiger partial charge in [-0.3, -0.25) is 0 Å². The third-order valence-electron chi connectivity index (χ3n) is 4.15. The SMILES string of the molecule is Cc1c(-c2ccccc2)sc2ncnc(N3CCCC3)c12. The van der Waals surface area contributed by atoms with Crippen LogP contribution in [0.15, 0.2) is 36.7 Å². The largest absolute Gasteiger partial charge is 0.356 e. The first-order valence-corrected chi connectivity index (χ1v) is 8.21. The Bertz CT molecular complexity index is 773. The van der Waals surface area contributed by atoms with E-state index in [4.69, 9.17) is 0 Å². The molecule has 1 aromatic carbocycles. The molecule has 3 nitrogen and oxygen atoms in total. The second-order valence-electron chi connectivity index (χ2n) is 5.49. The molecule has 0 unspecified atom stereocenters. The van der Waals surface area contributed by atoms with Crippen LogP contribution in [0.1, 0.15) is 18.4 Å². The Labute approximate surface area is 128 Å². The first-order valence-electron chi connectivity index (χ1n) is 7.39. The minimum absolute atomic E-state index is 1.10. The number of rotatable bonds is 2. The molecule has 3 heterocycles. The average Bonchev–Trinajstić information content (AvgIpc) is 3.16. The molecule has 3 aromatic rings. The van der Waals surface area contributed by atoms with Crippen molar-refractivity contribution >= 4 is 27.4 Å². The van der Waals surface area contributed by atoms with Crippen LogP contribution in [0.3, 0.4) is 0 Å². The van der Waals surface area contributed by atoms with Gasteiger partial charge in [-0.25, -0.2) is 9.97 Å². The zero-order valence-electron chi connectivity index (χ0n) is 12.0. The molecule has 0 atom stereocenters. The highest BCUT2D eigenvalue weighted by molar-refractivity contribution is 7.22. The topological polar surface area (TPSA) is 29.0 Å². The van der Waals surface area contributed by atoms with Crippen molar-refractivity contribution in [2.75, 3.05) is 18.0 Å². The zero-order valence-corrected chi connectivity index (χ0v) is 12.9. The van der Waals surface area contributed by atoms with E-state index >= 15 is 0 Å². The fraction of sp³-hybridized carbons (Fsp3) is 0.294. The van der Waals surface area contributed by atoms with Gasteiger partial charge in [0.1, 0.15) is 17.0 Å². The van der Waals surface area contributed by atoms with Gasteiger partial charge in [0, 0.05) is 18.0 Å². The lowest BCUT2D eigenvalue weighted by Gasteiger charge is -2.17. The summed E-state index contributed by atoms with van der Waals surface area (Å²) in [5.41, 5.74) is 2.58. The molecule has 0 aliphatic carbocycles. The zero-order chi connectivity index (χ0) is 14.2. The molecular weight excluding hydrogens is 278 g/mol. The molecule has 2 aromatic heterocycles. The lowest BCUT2D eigenvalue weighted by atomic mass is 10.1. The highest BCUT2D eigenvalue weighted by Gasteiger charge is 2.21. The Balaban J connectivity index is 1.92. The van der Waals surface area contributed by atoms with E-state index < -0.39 is 0 Å². The van der Waals surface area contributed by atoms with Crippen molar-refractivity contribution in [2.45, 2.75) is 19.8 Å². The molecule has 1 aliphatic heterocycles. The number of benzene rings is 1. The number of aryl methyl sites for hydroxylation is 1. The van der Waals surface area contributed by atoms with Crippen LogP contribution in [0.25, 0.3) is 20.7 Å². The van der Waals surface area contributed by atoms with Crippen LogP contribution < -0.4 is 4.90 Å². The van der Waals surface area contributed by atoms with Crippen LogP contribution in [0.4, 0.5) is 5.82 Å². The van der Waals surface area contributed by atoms with Crippen LogP contribution in [0.2, 0.25) is 0 Å². The summed E-state index contributed by atoms with van der Waals surface area (Å²) in [7, 11) is 0. The summed E-state index contributed by atoms with van der Waals surface area (Å²) in [4.78, 5) is 13.9. The molecule has 0 radical (unpaired) electrons. The third-order valence-corrected chi connectivity index (χ3v) is 5.40. The van der Waals surface area contributed by atoms with E-state index in [1.807, 2.05) is 0 Å². The second kappa shape index (κ2) is 5.11. The first-order chi connectivity index (χ1) is 10.3. The molecule has 4 heteroatoms. The van der Waals surface area contributed by atoms with E-state index in [1.54, 1.807) is 17.7 Å². The van der Waals surface area contributed by atoms with E-state index in [0.29, 0.717) is 0 Å². The van der Waals surface area contributed by atoms with E-state index in [9.17, 15) is 0 Å². The van der Waals surface area contributed by atoms with Crippen LogP contribution in [0.5, 0.6) is 0 Å². The minimum Gasteiger partial charge on any atom is -0.356 e. The number of anilines is 1. The lowest BCUT2D eigenvalue weighted by Crippen LogP contribution is -2.19. The van der Waals surface area contributed by atoms with Gasteiger partial charge in [-0.1, -0.05) is 30.3 Å². The average molecular weight is 295 g/mol. The number of nitrogens with zero attached hydrogens (tertiary/aromatic N) is 3. The van der Waals surface area contributed by atoms with Crippen LogP contribution in [-0.4, -0.2) is 23.1 Å². The summed E-state index contributed by atoms with van der Waals surface area (Å²) < 4.78 is 0. The number of thiophene rings is 1. The molecule has 0 N–H and O–H groups in total. The van der Waals surface area contributed by atoms with Crippen LogP contribution in [0, 0.1) is 6.92 Å². The monoisotopic (exact) mass is 295 g/mol. The van der Waals surface area contributed by atoms with Gasteiger partial charge >= 0.3 is 0 Å². The third kappa shape index (κ3) is 2.10. The van der Waals surface area contributed by atoms with Crippen molar-refractivity contribution in [1.82, 2.24) is 9.97 Å². The summed E-state index contributed by atoms with van der Waals surface area (Å²) in [6, 6.07) is 10.6. The number of hydrogen-bond donors (Lipinski definition) is 0. The normalized spacial score (nSPS) is 15.0. The molecule has 0 saturated carbocycles. The molecule has 0 amide bonds. The van der Waals surface area contributed by atoms with E-state index in [0.717, 1.165) is 23.7 Å². The Kier molecular flexibility index (Phi) is 3.11.